The van der Waals surface area contributed by atoms with Crippen LogP contribution in [0.15, 0.2) is 65.6 Å². The Labute approximate surface area is 196 Å². The molecule has 33 heavy (non-hydrogen) atoms. The predicted molar refractivity (Wildman–Crippen MR) is 133 cm³/mol. The maximum Gasteiger partial charge on any atom is 0.240 e. The number of hydrogen-bond acceptors (Lipinski definition) is 5. The van der Waals surface area contributed by atoms with E-state index in [9.17, 15) is 8.42 Å². The zero-order valence-corrected chi connectivity index (χ0v) is 20.1. The largest absolute Gasteiger partial charge is 0.495 e. The first-order chi connectivity index (χ1) is 15.9. The number of methoxy groups -OCH3 is 1. The summed E-state index contributed by atoms with van der Waals surface area (Å²) < 4.78 is 35.1. The van der Waals surface area contributed by atoms with E-state index < -0.39 is 10.0 Å². The van der Waals surface area contributed by atoms with Gasteiger partial charge in [-0.05, 0) is 54.4 Å². The summed E-state index contributed by atoms with van der Waals surface area (Å²) in [7, 11) is 0.0733. The smallest absolute Gasteiger partial charge is 0.240 e. The summed E-state index contributed by atoms with van der Waals surface area (Å²) in [4.78, 5) is 4.76. The number of rotatable bonds is 7. The summed E-state index contributed by atoms with van der Waals surface area (Å²) >= 11 is 0. The van der Waals surface area contributed by atoms with E-state index in [1.807, 2.05) is 12.1 Å². The second-order valence-electron chi connectivity index (χ2n) is 9.26. The highest BCUT2D eigenvalue weighted by molar-refractivity contribution is 7.89. The molecule has 1 heterocycles. The van der Waals surface area contributed by atoms with Gasteiger partial charge in [0, 0.05) is 38.1 Å². The molecule has 1 saturated heterocycles. The number of sulfonamides is 1. The van der Waals surface area contributed by atoms with Gasteiger partial charge in [-0.25, -0.2) is 13.1 Å². The summed E-state index contributed by atoms with van der Waals surface area (Å²) in [6.07, 6.45) is 1.97. The van der Waals surface area contributed by atoms with Crippen molar-refractivity contribution in [2.75, 3.05) is 51.8 Å². The molecular weight excluding hydrogens is 434 g/mol. The second kappa shape index (κ2) is 8.63. The summed E-state index contributed by atoms with van der Waals surface area (Å²) in [5.41, 5.74) is 1.93. The minimum absolute atomic E-state index is 0.138. The van der Waals surface area contributed by atoms with E-state index in [1.54, 1.807) is 25.3 Å². The summed E-state index contributed by atoms with van der Waals surface area (Å²) in [6.45, 7) is 3.96. The van der Waals surface area contributed by atoms with Gasteiger partial charge in [-0.1, -0.05) is 42.5 Å². The fourth-order valence-electron chi connectivity index (χ4n) is 4.83. The Bertz CT molecular complexity index is 1260. The number of hydrogen-bond donors (Lipinski definition) is 1. The van der Waals surface area contributed by atoms with E-state index in [0.29, 0.717) is 12.3 Å². The second-order valence-corrected chi connectivity index (χ2v) is 11.0. The van der Waals surface area contributed by atoms with Crippen molar-refractivity contribution in [1.82, 2.24) is 9.62 Å². The molecule has 1 saturated carbocycles. The highest BCUT2D eigenvalue weighted by Gasteiger charge is 2.45. The first-order valence-corrected chi connectivity index (χ1v) is 13.0. The van der Waals surface area contributed by atoms with Crippen molar-refractivity contribution in [1.29, 1.82) is 0 Å². The maximum atomic E-state index is 13.3. The first-order valence-electron chi connectivity index (χ1n) is 11.5. The van der Waals surface area contributed by atoms with Gasteiger partial charge in [-0.3, -0.25) is 0 Å². The molecule has 174 valence electrons. The molecule has 0 amide bonds. The Kier molecular flexibility index (Phi) is 5.80. The molecule has 2 aliphatic rings. The van der Waals surface area contributed by atoms with Gasteiger partial charge in [0.05, 0.1) is 17.7 Å². The van der Waals surface area contributed by atoms with Crippen LogP contribution in [0, 0.1) is 0 Å². The molecule has 2 fully saturated rings. The molecule has 0 spiro atoms. The number of nitrogens with zero attached hydrogens (tertiary/aromatic N) is 2. The average molecular weight is 466 g/mol. The monoisotopic (exact) mass is 465 g/mol. The van der Waals surface area contributed by atoms with Crippen LogP contribution in [-0.2, 0) is 15.4 Å². The topological polar surface area (TPSA) is 61.9 Å². The third kappa shape index (κ3) is 4.33. The standard InChI is InChI=1S/C26H31N3O3S/c1-28-14-16-29(17-15-28)24-18-21(10-11-25(24)32-2)33(30,31)27-19-26(12-13-26)23-9-5-7-20-6-3-4-8-22(20)23/h3-11,18,27H,12-17,19H2,1-2H3. The SMILES string of the molecule is COc1ccc(S(=O)(=O)NCC2(c3cccc4ccccc34)CC2)cc1N1CCN(C)CC1. The Morgan fingerprint density at radius 1 is 0.970 bits per heavy atom. The fourth-order valence-corrected chi connectivity index (χ4v) is 5.97. The number of nitrogens with one attached hydrogen (secondary N) is 1. The molecule has 6 nitrogen and oxygen atoms in total. The molecule has 0 atom stereocenters. The summed E-state index contributed by atoms with van der Waals surface area (Å²) in [5, 5.41) is 2.40. The zero-order valence-electron chi connectivity index (χ0n) is 19.3. The highest BCUT2D eigenvalue weighted by Crippen LogP contribution is 2.50. The molecule has 5 rings (SSSR count). The van der Waals surface area contributed by atoms with E-state index in [1.165, 1.54) is 16.3 Å². The van der Waals surface area contributed by atoms with E-state index in [-0.39, 0.29) is 10.3 Å². The van der Waals surface area contributed by atoms with Crippen LogP contribution in [0.25, 0.3) is 10.8 Å². The van der Waals surface area contributed by atoms with Crippen molar-refractivity contribution in [3.63, 3.8) is 0 Å². The lowest BCUT2D eigenvalue weighted by atomic mass is 9.91. The lowest BCUT2D eigenvalue weighted by molar-refractivity contribution is 0.311. The molecule has 1 aliphatic carbocycles. The maximum absolute atomic E-state index is 13.3. The first kappa shape index (κ1) is 22.2. The van der Waals surface area contributed by atoms with Gasteiger partial charge in [-0.2, -0.15) is 0 Å². The van der Waals surface area contributed by atoms with Crippen LogP contribution in [0.1, 0.15) is 18.4 Å². The number of likely N-dealkylation sites (N-methyl/N-ethyl adjacent to an activating group) is 1. The number of ether oxygens (including phenoxy) is 1. The third-order valence-electron chi connectivity index (χ3n) is 7.12. The normalized spacial score (nSPS) is 18.4. The molecule has 1 aliphatic heterocycles. The lowest BCUT2D eigenvalue weighted by Crippen LogP contribution is -2.44. The minimum Gasteiger partial charge on any atom is -0.495 e. The van der Waals surface area contributed by atoms with Crippen LogP contribution in [0.4, 0.5) is 5.69 Å². The third-order valence-corrected chi connectivity index (χ3v) is 8.52. The predicted octanol–water partition coefficient (Wildman–Crippen LogP) is 3.61. The van der Waals surface area contributed by atoms with Crippen molar-refractivity contribution in [3.05, 3.63) is 66.2 Å². The van der Waals surface area contributed by atoms with Crippen LogP contribution in [0.5, 0.6) is 5.75 Å². The van der Waals surface area contributed by atoms with Crippen LogP contribution in [0.3, 0.4) is 0 Å². The number of piperazine rings is 1. The Morgan fingerprint density at radius 2 is 1.70 bits per heavy atom. The zero-order chi connectivity index (χ0) is 23.1. The Morgan fingerprint density at radius 3 is 2.42 bits per heavy atom. The molecule has 0 radical (unpaired) electrons. The minimum atomic E-state index is -3.65. The van der Waals surface area contributed by atoms with Crippen LogP contribution in [-0.4, -0.2) is 60.2 Å². The van der Waals surface area contributed by atoms with Crippen molar-refractivity contribution in [2.24, 2.45) is 0 Å². The van der Waals surface area contributed by atoms with Crippen molar-refractivity contribution in [2.45, 2.75) is 23.2 Å². The van der Waals surface area contributed by atoms with Crippen molar-refractivity contribution < 1.29 is 13.2 Å². The van der Waals surface area contributed by atoms with Crippen molar-refractivity contribution in [3.8, 4) is 5.75 Å². The van der Waals surface area contributed by atoms with E-state index in [2.05, 4.69) is 51.9 Å². The Hall–Kier alpha value is -2.61. The van der Waals surface area contributed by atoms with Gasteiger partial charge < -0.3 is 14.5 Å². The van der Waals surface area contributed by atoms with Crippen LogP contribution >= 0.6 is 0 Å². The molecule has 0 unspecified atom stereocenters. The Balaban J connectivity index is 1.39. The average Bonchev–Trinajstić information content (AvgIpc) is 3.64. The number of anilines is 1. The molecule has 0 aromatic heterocycles. The molecule has 3 aromatic rings. The van der Waals surface area contributed by atoms with Crippen molar-refractivity contribution >= 4 is 26.5 Å². The number of fused-ring (bicyclic) bond motifs is 1. The summed E-state index contributed by atoms with van der Waals surface area (Å²) in [5.74, 6) is 0.702. The van der Waals surface area contributed by atoms with Gasteiger partial charge in [0.2, 0.25) is 10.0 Å². The number of benzene rings is 3. The van der Waals surface area contributed by atoms with Crippen LogP contribution < -0.4 is 14.4 Å². The fraction of sp³-hybridized carbons (Fsp3) is 0.385. The quantitative estimate of drug-likeness (QED) is 0.578. The molecule has 0 bridgehead atoms. The summed E-state index contributed by atoms with van der Waals surface area (Å²) in [6, 6.07) is 19.8. The lowest BCUT2D eigenvalue weighted by Gasteiger charge is -2.34. The van der Waals surface area contributed by atoms with Crippen LogP contribution in [0.2, 0.25) is 0 Å². The van der Waals surface area contributed by atoms with Gasteiger partial charge in [0.25, 0.3) is 0 Å². The highest BCUT2D eigenvalue weighted by atomic mass is 32.2. The van der Waals surface area contributed by atoms with E-state index in [4.69, 9.17) is 4.74 Å². The van der Waals surface area contributed by atoms with Gasteiger partial charge in [0.1, 0.15) is 5.75 Å². The van der Waals surface area contributed by atoms with Gasteiger partial charge >= 0.3 is 0 Å². The molecule has 1 N–H and O–H groups in total. The van der Waals surface area contributed by atoms with Gasteiger partial charge in [-0.15, -0.1) is 0 Å². The molecule has 3 aromatic carbocycles. The molecule has 7 heteroatoms. The van der Waals surface area contributed by atoms with E-state index >= 15 is 0 Å². The van der Waals surface area contributed by atoms with Gasteiger partial charge in [0.15, 0.2) is 0 Å². The molecular formula is C26H31N3O3S. The van der Waals surface area contributed by atoms with E-state index in [0.717, 1.165) is 44.7 Å².